The number of sulfonamides is 1. The van der Waals surface area contributed by atoms with Gasteiger partial charge in [-0.05, 0) is 89.3 Å². The third-order valence-electron chi connectivity index (χ3n) is 5.56. The summed E-state index contributed by atoms with van der Waals surface area (Å²) in [5.74, 6) is -0.0738. The van der Waals surface area contributed by atoms with Gasteiger partial charge in [0.25, 0.3) is 10.0 Å². The van der Waals surface area contributed by atoms with E-state index in [1.54, 1.807) is 65.8 Å². The molecule has 1 heterocycles. The number of nitrogens with zero attached hydrogens (tertiary/aromatic N) is 2. The molecular formula is C26H37N5O6S. The van der Waals surface area contributed by atoms with Gasteiger partial charge in [-0.15, -0.1) is 0 Å². The van der Waals surface area contributed by atoms with E-state index in [9.17, 15) is 18.0 Å². The van der Waals surface area contributed by atoms with Gasteiger partial charge in [0.15, 0.2) is 0 Å². The fraction of sp³-hybridized carbons (Fsp3) is 0.462. The van der Waals surface area contributed by atoms with Gasteiger partial charge in [0, 0.05) is 12.7 Å². The van der Waals surface area contributed by atoms with Gasteiger partial charge in [-0.25, -0.2) is 17.9 Å². The van der Waals surface area contributed by atoms with Crippen molar-refractivity contribution in [3.8, 4) is 5.75 Å². The molecule has 0 radical (unpaired) electrons. The van der Waals surface area contributed by atoms with E-state index in [1.807, 2.05) is 0 Å². The Bertz CT molecular complexity index is 1290. The molecule has 12 heteroatoms. The maximum absolute atomic E-state index is 13.0. The molecule has 1 aromatic carbocycles. The van der Waals surface area contributed by atoms with Crippen LogP contribution in [-0.2, 0) is 14.8 Å². The molecule has 0 spiro atoms. The lowest BCUT2D eigenvalue weighted by Crippen LogP contribution is -2.43. The number of guanidine groups is 1. The second-order valence-corrected chi connectivity index (χ2v) is 11.4. The largest absolute Gasteiger partial charge is 0.496 e. The second kappa shape index (κ2) is 12.7. The lowest BCUT2D eigenvalue weighted by molar-refractivity contribution is 0.0488. The number of amides is 1. The number of ether oxygens (including phenoxy) is 2. The van der Waals surface area contributed by atoms with Crippen LogP contribution in [0.15, 0.2) is 40.4 Å². The number of methoxy groups -OCH3 is 1. The van der Waals surface area contributed by atoms with Gasteiger partial charge in [-0.2, -0.15) is 0 Å². The highest BCUT2D eigenvalue weighted by atomic mass is 32.2. The number of ketones is 1. The first-order valence-corrected chi connectivity index (χ1v) is 13.6. The zero-order valence-electron chi connectivity index (χ0n) is 22.9. The van der Waals surface area contributed by atoms with E-state index >= 15 is 0 Å². The van der Waals surface area contributed by atoms with Crippen LogP contribution in [0.25, 0.3) is 0 Å². The minimum atomic E-state index is -4.00. The van der Waals surface area contributed by atoms with Crippen molar-refractivity contribution < 1.29 is 27.5 Å². The summed E-state index contributed by atoms with van der Waals surface area (Å²) in [6.07, 6.45) is 1.28. The van der Waals surface area contributed by atoms with Crippen molar-refractivity contribution in [3.63, 3.8) is 0 Å². The lowest BCUT2D eigenvalue weighted by atomic mass is 10.0. The Kier molecular flexibility index (Phi) is 10.2. The first-order chi connectivity index (χ1) is 17.7. The van der Waals surface area contributed by atoms with Crippen LogP contribution in [0.1, 0.15) is 60.8 Å². The molecular weight excluding hydrogens is 510 g/mol. The van der Waals surface area contributed by atoms with E-state index in [0.717, 1.165) is 0 Å². The molecule has 2 rings (SSSR count). The highest BCUT2D eigenvalue weighted by Crippen LogP contribution is 2.30. The van der Waals surface area contributed by atoms with Crippen molar-refractivity contribution in [2.24, 2.45) is 10.7 Å². The number of aryl methyl sites for hydroxylation is 1. The molecule has 0 unspecified atom stereocenters. The van der Waals surface area contributed by atoms with E-state index < -0.39 is 27.8 Å². The molecule has 38 heavy (non-hydrogen) atoms. The number of carbonyl (C=O) groups excluding carboxylic acids is 2. The van der Waals surface area contributed by atoms with Crippen LogP contribution in [0.2, 0.25) is 0 Å². The van der Waals surface area contributed by atoms with Crippen molar-refractivity contribution in [1.82, 2.24) is 15.0 Å². The number of carbonyl (C=O) groups is 2. The van der Waals surface area contributed by atoms with Crippen molar-refractivity contribution in [1.29, 1.82) is 0 Å². The maximum atomic E-state index is 13.0. The average Bonchev–Trinajstić information content (AvgIpc) is 2.81. The number of Topliss-reactive ketones (excluding diaryl/α,β-unsaturated/α-hetero) is 1. The molecule has 0 fully saturated rings. The number of aromatic nitrogens is 1. The molecule has 0 aliphatic carbocycles. The van der Waals surface area contributed by atoms with E-state index in [2.05, 4.69) is 20.0 Å². The average molecular weight is 548 g/mol. The molecule has 0 aliphatic heterocycles. The van der Waals surface area contributed by atoms with Crippen LogP contribution >= 0.6 is 0 Å². The zero-order chi connectivity index (χ0) is 28.7. The van der Waals surface area contributed by atoms with Gasteiger partial charge in [-0.1, -0.05) is 6.07 Å². The van der Waals surface area contributed by atoms with E-state index in [1.165, 1.54) is 13.3 Å². The summed E-state index contributed by atoms with van der Waals surface area (Å²) in [4.78, 5) is 33.6. The molecule has 208 valence electrons. The Labute approximate surface area is 224 Å². The summed E-state index contributed by atoms with van der Waals surface area (Å²) in [6.45, 7) is 10.4. The van der Waals surface area contributed by atoms with Crippen LogP contribution in [0, 0.1) is 20.8 Å². The van der Waals surface area contributed by atoms with Gasteiger partial charge in [0.1, 0.15) is 17.0 Å². The Morgan fingerprint density at radius 2 is 1.84 bits per heavy atom. The quantitative estimate of drug-likeness (QED) is 0.177. The molecule has 0 saturated carbocycles. The third-order valence-corrected chi connectivity index (χ3v) is 7.21. The normalized spacial score (nSPS) is 13.0. The van der Waals surface area contributed by atoms with Crippen LogP contribution < -0.4 is 20.5 Å². The predicted molar refractivity (Wildman–Crippen MR) is 145 cm³/mol. The number of pyridine rings is 1. The van der Waals surface area contributed by atoms with Crippen molar-refractivity contribution in [2.45, 2.75) is 70.9 Å². The Morgan fingerprint density at radius 1 is 1.16 bits per heavy atom. The Hall–Kier alpha value is -3.67. The number of alkyl carbamates (subject to hydrolysis) is 1. The van der Waals surface area contributed by atoms with E-state index in [-0.39, 0.29) is 35.3 Å². The Morgan fingerprint density at radius 3 is 2.42 bits per heavy atom. The Balaban J connectivity index is 2.10. The number of benzene rings is 1. The topological polar surface area (TPSA) is 162 Å². The van der Waals surface area contributed by atoms with Crippen molar-refractivity contribution in [2.75, 3.05) is 13.7 Å². The van der Waals surface area contributed by atoms with Crippen LogP contribution in [-0.4, -0.2) is 56.5 Å². The minimum Gasteiger partial charge on any atom is -0.496 e. The maximum Gasteiger partial charge on any atom is 0.408 e. The molecule has 11 nitrogen and oxygen atoms in total. The summed E-state index contributed by atoms with van der Waals surface area (Å²) in [6, 6.07) is 5.65. The molecule has 2 aromatic rings. The molecule has 0 bridgehead atoms. The SMILES string of the molecule is COc1cc(C)c(S(=O)(=O)NC(N)=NCCC[C@H](NC(=O)OC(C)(C)C)C(=O)c2ccccn2)c(C)c1C. The van der Waals surface area contributed by atoms with E-state index in [0.29, 0.717) is 28.9 Å². The fourth-order valence-electron chi connectivity index (χ4n) is 3.77. The van der Waals surface area contributed by atoms with Gasteiger partial charge in [-0.3, -0.25) is 14.8 Å². The van der Waals surface area contributed by atoms with Crippen LogP contribution in [0.4, 0.5) is 4.79 Å². The zero-order valence-corrected chi connectivity index (χ0v) is 23.7. The molecule has 1 amide bonds. The lowest BCUT2D eigenvalue weighted by Gasteiger charge is -2.23. The number of aliphatic imine (C=N–C) groups is 1. The molecule has 0 saturated heterocycles. The summed E-state index contributed by atoms with van der Waals surface area (Å²) in [5.41, 5.74) is 7.10. The van der Waals surface area contributed by atoms with Crippen LogP contribution in [0.5, 0.6) is 5.75 Å². The molecule has 4 N–H and O–H groups in total. The van der Waals surface area contributed by atoms with Crippen molar-refractivity contribution in [3.05, 3.63) is 52.8 Å². The predicted octanol–water partition coefficient (Wildman–Crippen LogP) is 3.16. The summed E-state index contributed by atoms with van der Waals surface area (Å²) >= 11 is 0. The first kappa shape index (κ1) is 30.6. The number of hydrogen-bond donors (Lipinski definition) is 3. The number of nitrogens with two attached hydrogens (primary N) is 1. The summed E-state index contributed by atoms with van der Waals surface area (Å²) in [5, 5.41) is 2.59. The van der Waals surface area contributed by atoms with Gasteiger partial charge < -0.3 is 20.5 Å². The molecule has 1 atom stereocenters. The van der Waals surface area contributed by atoms with Gasteiger partial charge >= 0.3 is 6.09 Å². The summed E-state index contributed by atoms with van der Waals surface area (Å²) < 4.78 is 39.0. The standard InChI is InChI=1S/C26H37N5O6S/c1-16-15-21(36-7)17(2)18(3)23(16)38(34,35)31-24(27)29-14-10-12-20(30-25(33)37-26(4,5)6)22(32)19-11-8-9-13-28-19/h8-9,11,13,15,20H,10,12,14H2,1-7H3,(H,30,33)(H3,27,29,31)/t20-/m0/s1. The number of hydrogen-bond acceptors (Lipinski definition) is 8. The number of nitrogens with one attached hydrogen (secondary N) is 2. The highest BCUT2D eigenvalue weighted by molar-refractivity contribution is 7.90. The minimum absolute atomic E-state index is 0.107. The van der Waals surface area contributed by atoms with Crippen molar-refractivity contribution >= 4 is 27.9 Å². The highest BCUT2D eigenvalue weighted by Gasteiger charge is 2.26. The number of rotatable bonds is 10. The van der Waals surface area contributed by atoms with Gasteiger partial charge in [0.2, 0.25) is 11.7 Å². The first-order valence-electron chi connectivity index (χ1n) is 12.1. The third kappa shape index (κ3) is 8.44. The molecule has 0 aliphatic rings. The smallest absolute Gasteiger partial charge is 0.408 e. The molecule has 1 aromatic heterocycles. The second-order valence-electron chi connectivity index (χ2n) is 9.77. The monoisotopic (exact) mass is 547 g/mol. The van der Waals surface area contributed by atoms with Crippen LogP contribution in [0.3, 0.4) is 0 Å². The fourth-order valence-corrected chi connectivity index (χ4v) is 5.25. The van der Waals surface area contributed by atoms with E-state index in [4.69, 9.17) is 15.2 Å². The summed E-state index contributed by atoms with van der Waals surface area (Å²) in [7, 11) is -2.48. The van der Waals surface area contributed by atoms with Gasteiger partial charge in [0.05, 0.1) is 18.0 Å².